The zero-order valence-corrected chi connectivity index (χ0v) is 5.69. The van der Waals surface area contributed by atoms with E-state index in [4.69, 9.17) is 15.3 Å². The molecule has 0 aliphatic rings. The molecule has 0 aliphatic heterocycles. The van der Waals surface area contributed by atoms with Crippen molar-refractivity contribution in [1.29, 1.82) is 0 Å². The summed E-state index contributed by atoms with van der Waals surface area (Å²) in [7, 11) is 0. The van der Waals surface area contributed by atoms with Crippen LogP contribution >= 0.6 is 0 Å². The maximum atomic E-state index is 8.25. The molecular formula is HAg2NO4. The van der Waals surface area contributed by atoms with Gasteiger partial charge in [0.25, 0.3) is 0 Å². The number of rotatable bonds is 0. The maximum Gasteiger partial charge on any atom is 1.00 e. The molecule has 52 valence electrons. The second kappa shape index (κ2) is 15.9. The molecule has 0 spiro atoms. The Morgan fingerprint density at radius 3 is 1.14 bits per heavy atom. The molecule has 7 heteroatoms. The van der Waals surface area contributed by atoms with Gasteiger partial charge >= 0.3 is 44.8 Å². The second-order valence-corrected chi connectivity index (χ2v) is 0.224. The number of hydrogen-bond acceptors (Lipinski definition) is 4. The van der Waals surface area contributed by atoms with Crippen molar-refractivity contribution in [2.45, 2.75) is 0 Å². The van der Waals surface area contributed by atoms with Crippen LogP contribution in [0.1, 0.15) is 0 Å². The third kappa shape index (κ3) is 349. The Hall–Kier alpha value is 0.641. The van der Waals surface area contributed by atoms with Crippen LogP contribution in [0.3, 0.4) is 0 Å². The third-order valence-electron chi connectivity index (χ3n) is 0. The predicted molar refractivity (Wildman–Crippen MR) is 12.3 cm³/mol. The largest absolute Gasteiger partial charge is 1.00 e. The van der Waals surface area contributed by atoms with E-state index in [2.05, 4.69) is 0 Å². The molecule has 0 rings (SSSR count). The third-order valence-corrected chi connectivity index (χ3v) is 0. The average molecular weight is 295 g/mol. The number of hydrogen-bond donors (Lipinski definition) is 0. The molecule has 0 amide bonds. The minimum absolute atomic E-state index is 0. The van der Waals surface area contributed by atoms with E-state index in [1.807, 2.05) is 0 Å². The Morgan fingerprint density at radius 2 is 1.14 bits per heavy atom. The Kier molecular flexibility index (Phi) is 57.9. The zero-order chi connectivity index (χ0) is 3.58. The van der Waals surface area contributed by atoms with Gasteiger partial charge in [0.2, 0.25) is 0 Å². The fraction of sp³-hybridized carbons (Fsp3) is 0. The van der Waals surface area contributed by atoms with Crippen molar-refractivity contribution in [3.8, 4) is 0 Å². The average Bonchev–Trinajstić information content (AvgIpc) is 0.811. The molecule has 5 nitrogen and oxygen atoms in total. The zero-order valence-electron chi connectivity index (χ0n) is 2.72. The van der Waals surface area contributed by atoms with Gasteiger partial charge in [-0.1, -0.05) is 0 Å². The SMILES string of the molecule is O=[N+]([O-])[O-].[Ag+].[Ag+].[OH-]. The molecule has 0 heterocycles. The van der Waals surface area contributed by atoms with Gasteiger partial charge in [-0.15, -0.1) is 0 Å². The molecule has 0 aliphatic carbocycles. The summed E-state index contributed by atoms with van der Waals surface area (Å²) in [5.41, 5.74) is 0. The van der Waals surface area contributed by atoms with E-state index < -0.39 is 5.09 Å². The maximum absolute atomic E-state index is 8.25. The second-order valence-electron chi connectivity index (χ2n) is 0.224. The van der Waals surface area contributed by atoms with E-state index in [-0.39, 0.29) is 50.2 Å². The van der Waals surface area contributed by atoms with Crippen molar-refractivity contribution in [3.05, 3.63) is 15.3 Å². The molecule has 0 aromatic heterocycles. The first-order chi connectivity index (χ1) is 1.73. The summed E-state index contributed by atoms with van der Waals surface area (Å²) in [4.78, 5) is 8.25. The van der Waals surface area contributed by atoms with Gasteiger partial charge in [-0.2, -0.15) is 0 Å². The minimum Gasteiger partial charge on any atom is -0.870 e. The monoisotopic (exact) mass is 293 g/mol. The van der Waals surface area contributed by atoms with Crippen molar-refractivity contribution < 1.29 is 55.3 Å². The normalized spacial score (nSPS) is 3.43. The summed E-state index contributed by atoms with van der Waals surface area (Å²) in [5.74, 6) is 0. The summed E-state index contributed by atoms with van der Waals surface area (Å²) in [6.07, 6.45) is 0. The molecule has 0 aromatic carbocycles. The Morgan fingerprint density at radius 1 is 1.14 bits per heavy atom. The first kappa shape index (κ1) is 25.4. The first-order valence-corrected chi connectivity index (χ1v) is 0.548. The minimum atomic E-state index is -1.75. The molecule has 0 bridgehead atoms. The topological polar surface area (TPSA) is 96.2 Å². The molecule has 7 heavy (non-hydrogen) atoms. The molecule has 1 N–H and O–H groups in total. The van der Waals surface area contributed by atoms with Crippen LogP contribution in [0.4, 0.5) is 0 Å². The van der Waals surface area contributed by atoms with E-state index in [0.29, 0.717) is 0 Å². The van der Waals surface area contributed by atoms with Crippen LogP contribution in [0.15, 0.2) is 0 Å². The molecular weight excluding hydrogens is 294 g/mol. The molecule has 0 fully saturated rings. The Bertz CT molecular complexity index is 32.7. The van der Waals surface area contributed by atoms with Crippen molar-refractivity contribution in [3.63, 3.8) is 0 Å². The summed E-state index contributed by atoms with van der Waals surface area (Å²) in [5, 5.41) is 14.8. The van der Waals surface area contributed by atoms with Gasteiger partial charge in [0.05, 0.1) is 5.09 Å². The number of nitrogens with zero attached hydrogens (tertiary/aromatic N) is 1. The van der Waals surface area contributed by atoms with Gasteiger partial charge in [-0.25, -0.2) is 0 Å². The quantitative estimate of drug-likeness (QED) is 0.344. The van der Waals surface area contributed by atoms with E-state index in [9.17, 15) is 0 Å². The van der Waals surface area contributed by atoms with E-state index in [0.717, 1.165) is 0 Å². The van der Waals surface area contributed by atoms with Crippen LogP contribution < -0.4 is 0 Å². The predicted octanol–water partition coefficient (Wildman–Crippen LogP) is -0.421. The van der Waals surface area contributed by atoms with Crippen LogP contribution in [0.5, 0.6) is 0 Å². The van der Waals surface area contributed by atoms with Crippen molar-refractivity contribution in [1.82, 2.24) is 0 Å². The van der Waals surface area contributed by atoms with Crippen LogP contribution in [0.25, 0.3) is 0 Å². The standard InChI is InChI=1S/2Ag.NO3.H2O/c;;2-1(3)4;/h;;;1H2/q2*+1;-1;/p-1. The van der Waals surface area contributed by atoms with E-state index in [1.54, 1.807) is 0 Å². The molecule has 0 saturated carbocycles. The molecule has 0 aromatic rings. The van der Waals surface area contributed by atoms with Crippen LogP contribution in [0, 0.1) is 15.3 Å². The van der Waals surface area contributed by atoms with Crippen LogP contribution in [-0.2, 0) is 44.8 Å². The van der Waals surface area contributed by atoms with E-state index in [1.165, 1.54) is 0 Å². The fourth-order valence-corrected chi connectivity index (χ4v) is 0. The molecule has 0 radical (unpaired) electrons. The van der Waals surface area contributed by atoms with Gasteiger partial charge < -0.3 is 20.8 Å². The summed E-state index contributed by atoms with van der Waals surface area (Å²) >= 11 is 0. The summed E-state index contributed by atoms with van der Waals surface area (Å²) in [6.45, 7) is 0. The van der Waals surface area contributed by atoms with Gasteiger partial charge in [-0.05, 0) is 0 Å². The molecule has 0 atom stereocenters. The van der Waals surface area contributed by atoms with Gasteiger partial charge in [0.1, 0.15) is 0 Å². The van der Waals surface area contributed by atoms with Gasteiger partial charge in [-0.3, -0.25) is 0 Å². The summed E-state index contributed by atoms with van der Waals surface area (Å²) in [6, 6.07) is 0. The smallest absolute Gasteiger partial charge is 0.870 e. The van der Waals surface area contributed by atoms with Crippen LogP contribution in [0.2, 0.25) is 0 Å². The molecule has 0 unspecified atom stereocenters. The Balaban J connectivity index is -0.0000000150. The summed E-state index contributed by atoms with van der Waals surface area (Å²) < 4.78 is 0. The van der Waals surface area contributed by atoms with Crippen molar-refractivity contribution in [2.24, 2.45) is 0 Å². The molecule has 0 saturated heterocycles. The van der Waals surface area contributed by atoms with Gasteiger partial charge in [0.15, 0.2) is 0 Å². The van der Waals surface area contributed by atoms with Crippen molar-refractivity contribution >= 4 is 0 Å². The van der Waals surface area contributed by atoms with E-state index >= 15 is 0 Å². The van der Waals surface area contributed by atoms with Crippen molar-refractivity contribution in [2.75, 3.05) is 0 Å². The van der Waals surface area contributed by atoms with Crippen LogP contribution in [-0.4, -0.2) is 10.6 Å². The van der Waals surface area contributed by atoms with Gasteiger partial charge in [0, 0.05) is 0 Å². The first-order valence-electron chi connectivity index (χ1n) is 0.548. The fourth-order valence-electron chi connectivity index (χ4n) is 0. The Labute approximate surface area is 70.5 Å².